The van der Waals surface area contributed by atoms with Crippen molar-refractivity contribution in [1.29, 1.82) is 0 Å². The predicted octanol–water partition coefficient (Wildman–Crippen LogP) is 3.88. The highest BCUT2D eigenvalue weighted by atomic mass is 31.1. The first-order valence-electron chi connectivity index (χ1n) is 37.0. The molecule has 0 bridgehead atoms. The van der Waals surface area contributed by atoms with Gasteiger partial charge in [-0.05, 0) is 88.5 Å². The van der Waals surface area contributed by atoms with Crippen molar-refractivity contribution in [2.24, 2.45) is 41.2 Å². The van der Waals surface area contributed by atoms with Gasteiger partial charge in [0.15, 0.2) is 24.0 Å². The van der Waals surface area contributed by atoms with Crippen molar-refractivity contribution >= 4 is 109 Å². The summed E-state index contributed by atoms with van der Waals surface area (Å²) in [6.45, 7) is 22.1. The average Bonchev–Trinajstić information content (AvgIpc) is 1.46. The summed E-state index contributed by atoms with van der Waals surface area (Å²) in [6.07, 6.45) is -8.67. The number of likely N-dealkylation sites (tertiary alicyclic amines) is 1. The van der Waals surface area contributed by atoms with Gasteiger partial charge in [-0.15, -0.1) is 9.05 Å². The molecule has 2 aliphatic rings. The molecule has 36 heteroatoms. The molecule has 4 rings (SSSR count). The van der Waals surface area contributed by atoms with Crippen LogP contribution in [0.5, 0.6) is 0 Å². The zero-order valence-corrected chi connectivity index (χ0v) is 67.7. The van der Waals surface area contributed by atoms with Crippen LogP contribution in [0.4, 0.5) is 10.5 Å². The van der Waals surface area contributed by atoms with E-state index in [0.717, 1.165) is 33.6 Å². The summed E-state index contributed by atoms with van der Waals surface area (Å²) in [5, 5.41) is 15.4. The van der Waals surface area contributed by atoms with E-state index >= 15 is 9.59 Å². The molecule has 2 unspecified atom stereocenters. The number of nitrogens with one attached hydrogen (secondary N) is 6. The molecule has 15 atom stereocenters. The van der Waals surface area contributed by atoms with Crippen LogP contribution in [0, 0.1) is 35.5 Å². The first-order valence-corrected chi connectivity index (χ1v) is 38.1. The monoisotopic (exact) mass is 1610 g/mol. The predicted molar refractivity (Wildman–Crippen MR) is 410 cm³/mol. The number of imide groups is 1. The Morgan fingerprint density at radius 2 is 1.39 bits per heavy atom. The Balaban J connectivity index is 0.0000331. The van der Waals surface area contributed by atoms with Gasteiger partial charge in [-0.1, -0.05) is 105 Å². The molecule has 113 heavy (non-hydrogen) atoms. The maximum absolute atomic E-state index is 15.5. The number of amides is 12. The molecule has 2 aromatic carbocycles. The third kappa shape index (κ3) is 29.5. The van der Waals surface area contributed by atoms with Gasteiger partial charge >= 0.3 is 32.2 Å². The van der Waals surface area contributed by atoms with E-state index in [0.29, 0.717) is 11.1 Å². The number of nitrogens with two attached hydrogens (primary N) is 1. The van der Waals surface area contributed by atoms with Gasteiger partial charge in [0.25, 0.3) is 11.8 Å². The zero-order valence-electron chi connectivity index (χ0n) is 66.8. The maximum atomic E-state index is 15.5. The molecular weight excluding hydrogens is 1490 g/mol. The minimum absolute atomic E-state index is 0. The molecule has 0 radical (unpaired) electrons. The lowest BCUT2D eigenvalue weighted by Crippen LogP contribution is -2.63. The average molecular weight is 1610 g/mol. The van der Waals surface area contributed by atoms with E-state index in [1.807, 2.05) is 0 Å². The number of cyclic esters (lactones) is 2. The number of rotatable bonds is 35. The summed E-state index contributed by atoms with van der Waals surface area (Å²) in [7, 11) is 1.56. The molecule has 0 spiro atoms. The molecule has 2 aromatic rings. The lowest BCUT2D eigenvalue weighted by molar-refractivity contribution is -0.174. The Bertz CT molecular complexity index is 3730. The molecule has 2 aliphatic heterocycles. The van der Waals surface area contributed by atoms with Crippen molar-refractivity contribution in [3.63, 3.8) is 0 Å². The van der Waals surface area contributed by atoms with E-state index in [2.05, 4.69) is 38.5 Å². The summed E-state index contributed by atoms with van der Waals surface area (Å²) in [6, 6.07) is 3.96. The smallest absolute Gasteiger partial charge is 0.459 e. The van der Waals surface area contributed by atoms with Crippen LogP contribution in [0.2, 0.25) is 0 Å². The lowest BCUT2D eigenvalue weighted by Gasteiger charge is -2.38. The Kier molecular flexibility index (Phi) is 39.8. The number of likely N-dealkylation sites (N-methyl/N-ethyl adjacent to an activating group) is 3. The van der Waals surface area contributed by atoms with Crippen LogP contribution in [-0.2, 0) is 122 Å². The van der Waals surface area contributed by atoms with E-state index in [4.69, 9.17) is 38.5 Å². The number of methoxy groups -OCH3 is 1. The SMILES string of the molecule is C.C=C1C(=O)N[C@@H](C)C(=O)N(C)[C@@H](C)C(=O)N[C@@H]([C@H](OC(=O)[C@@H](CC(C)=O)[C@H](O[P+](=O)OCc2ccc(NC(=O)[C@H](CCCNC(N)=O)CC(=O)[C@@H](NC(=O)CCOCCN3C(=O)CC(C)C3=O)C(C)C)cc2)C(C)C)C(C)C)C(=O)N(C)[C@@H]([C@@H](C)OC)C(=O)O[C@H](C)[C@H](NC(C)=O)C(=O)O[C@H](Cc2ccccc2)C(=O)N1C. The van der Waals surface area contributed by atoms with Gasteiger partial charge < -0.3 is 80.8 Å². The number of carbonyl (C=O) groups excluding carboxylic acids is 16. The molecule has 626 valence electrons. The van der Waals surface area contributed by atoms with E-state index in [-0.39, 0.29) is 96.4 Å². The summed E-state index contributed by atoms with van der Waals surface area (Å²) >= 11 is 0. The van der Waals surface area contributed by atoms with E-state index in [9.17, 15) is 71.7 Å². The second kappa shape index (κ2) is 46.3. The summed E-state index contributed by atoms with van der Waals surface area (Å²) < 4.78 is 54.6. The van der Waals surface area contributed by atoms with Crippen molar-refractivity contribution in [3.8, 4) is 0 Å². The number of benzene rings is 2. The van der Waals surface area contributed by atoms with Crippen LogP contribution >= 0.6 is 8.25 Å². The van der Waals surface area contributed by atoms with E-state index in [1.165, 1.54) is 93.9 Å². The van der Waals surface area contributed by atoms with Crippen molar-refractivity contribution in [2.75, 3.05) is 59.9 Å². The number of nitrogens with zero attached hydrogens (tertiary/aromatic N) is 4. The van der Waals surface area contributed by atoms with Crippen molar-refractivity contribution in [2.45, 2.75) is 216 Å². The Morgan fingerprint density at radius 1 is 0.752 bits per heavy atom. The quantitative estimate of drug-likeness (QED) is 0.0129. The lowest BCUT2D eigenvalue weighted by atomic mass is 9.89. The van der Waals surface area contributed by atoms with E-state index in [1.54, 1.807) is 65.0 Å². The van der Waals surface area contributed by atoms with Crippen molar-refractivity contribution < 1.29 is 114 Å². The van der Waals surface area contributed by atoms with Crippen molar-refractivity contribution in [3.05, 3.63) is 78.0 Å². The highest BCUT2D eigenvalue weighted by Gasteiger charge is 2.48. The molecule has 2 fully saturated rings. The fourth-order valence-electron chi connectivity index (χ4n) is 12.3. The van der Waals surface area contributed by atoms with Gasteiger partial charge in [-0.3, -0.25) is 62.4 Å². The fourth-order valence-corrected chi connectivity index (χ4v) is 13.2. The second-order valence-corrected chi connectivity index (χ2v) is 29.9. The highest BCUT2D eigenvalue weighted by Crippen LogP contribution is 2.36. The number of esters is 3. The molecule has 35 nitrogen and oxygen atoms in total. The van der Waals surface area contributed by atoms with Crippen LogP contribution in [0.3, 0.4) is 0 Å². The standard InChI is InChI=1S/C76H110N11O24P.CH4/c1-40(2)60(82-58(91)30-33-106-34-32-87-59(92)35-43(7)69(87)96)56(90)38-53(25-22-31-78-76(77)103)68(95)81-54-28-26-52(27-29-54)39-107-112(104)111-64(41(3)4)55(36-44(8)88)73(100)110-65(42(5)6)62-72(99)86(17)63(49(13)105-18)75(102)108-48(12)61(80-50(14)89)74(101)109-57(37-51-23-20-19-21-24-51)71(98)85(16)46(10)66(93)79-45(9)70(97)84(15)47(11)67(94)83-62;/h19-21,23-24,26-29,40-43,45,47-49,53,55,57,60-65H,10,22,25,30-39H2,1-9,11-18H3,(H7-,77,78,79,80,81,82,83,89,91,93,94,95,103);1H4/p+1/t43?,45-,47-,48+,49+,53+,55-,57+,60-,61-,62-,63-,64+,65+;/m0./s1. The topological polar surface area (TPSA) is 466 Å². The number of carbonyl (C=O) groups is 16. The molecule has 2 heterocycles. The molecule has 0 aromatic heterocycles. The number of ether oxygens (including phenoxy) is 5. The van der Waals surface area contributed by atoms with Crippen LogP contribution in [0.1, 0.15) is 147 Å². The van der Waals surface area contributed by atoms with Gasteiger partial charge in [-0.25, -0.2) is 14.4 Å². The molecular formula is C77H115N11O24P+. The number of urea groups is 1. The Hall–Kier alpha value is -9.96. The summed E-state index contributed by atoms with van der Waals surface area (Å²) in [5.41, 5.74) is 5.90. The molecule has 12 amide bonds. The maximum Gasteiger partial charge on any atom is 0.698 e. The number of Topliss-reactive ketones (excluding diaryl/α,β-unsaturated/α-hetero) is 2. The van der Waals surface area contributed by atoms with E-state index < -0.39 is 205 Å². The number of anilines is 1. The van der Waals surface area contributed by atoms with Crippen LogP contribution in [0.15, 0.2) is 66.9 Å². The molecule has 2 saturated heterocycles. The third-order valence-electron chi connectivity index (χ3n) is 19.0. The number of hydrogen-bond donors (Lipinski definition) is 7. The van der Waals surface area contributed by atoms with Gasteiger partial charge in [0, 0.05) is 95.9 Å². The second-order valence-electron chi connectivity index (χ2n) is 29.0. The molecule has 8 N–H and O–H groups in total. The largest absolute Gasteiger partial charge is 0.698 e. The first-order chi connectivity index (χ1) is 52.5. The molecule has 0 saturated carbocycles. The fraction of sp³-hybridized carbons (Fsp3) is 0.610. The van der Waals surface area contributed by atoms with Gasteiger partial charge in [0.1, 0.15) is 54.5 Å². The number of ketones is 2. The normalized spacial score (nSPS) is 21.8. The number of primary amides is 1. The minimum atomic E-state index is -3.15. The molecule has 0 aliphatic carbocycles. The Morgan fingerprint density at radius 3 is 1.95 bits per heavy atom. The van der Waals surface area contributed by atoms with Crippen LogP contribution < -0.4 is 37.6 Å². The first kappa shape index (κ1) is 97.2. The number of hydrogen-bond acceptors (Lipinski definition) is 24. The third-order valence-corrected chi connectivity index (χ3v) is 19.8. The highest BCUT2D eigenvalue weighted by molar-refractivity contribution is 7.33. The van der Waals surface area contributed by atoms with Gasteiger partial charge in [-0.2, -0.15) is 0 Å². The Labute approximate surface area is 660 Å². The van der Waals surface area contributed by atoms with Crippen LogP contribution in [-0.4, -0.2) is 236 Å². The zero-order chi connectivity index (χ0) is 84.3. The van der Waals surface area contributed by atoms with Crippen molar-refractivity contribution in [1.82, 2.24) is 46.2 Å². The summed E-state index contributed by atoms with van der Waals surface area (Å²) in [5.74, 6) is -17.4. The van der Waals surface area contributed by atoms with Gasteiger partial charge in [0.2, 0.25) is 47.3 Å². The van der Waals surface area contributed by atoms with Crippen LogP contribution in [0.25, 0.3) is 0 Å². The van der Waals surface area contributed by atoms with Gasteiger partial charge in [0.05, 0.1) is 37.8 Å². The minimum Gasteiger partial charge on any atom is -0.459 e. The summed E-state index contributed by atoms with van der Waals surface area (Å²) in [4.78, 5) is 223.